The summed E-state index contributed by atoms with van der Waals surface area (Å²) in [6, 6.07) is 0. The molecule has 0 aromatic heterocycles. The van der Waals surface area contributed by atoms with E-state index < -0.39 is 92.5 Å². The molecule has 6 rings (SSSR count). The number of fused-ring (bicyclic) bond motifs is 3. The monoisotopic (exact) mass is 420 g/mol. The van der Waals surface area contributed by atoms with Crippen LogP contribution in [0.25, 0.3) is 0 Å². The van der Waals surface area contributed by atoms with Crippen molar-refractivity contribution in [3.63, 3.8) is 0 Å². The molecule has 6 aliphatic heterocycles. The lowest BCUT2D eigenvalue weighted by atomic mass is 10.0. The van der Waals surface area contributed by atoms with E-state index in [9.17, 15) is 15.3 Å². The van der Waals surface area contributed by atoms with Crippen molar-refractivity contribution >= 4 is 0 Å². The minimum Gasteiger partial charge on any atom is -0.387 e. The van der Waals surface area contributed by atoms with Crippen molar-refractivity contribution in [2.24, 2.45) is 0 Å². The van der Waals surface area contributed by atoms with Crippen molar-refractivity contribution < 1.29 is 58.0 Å². The maximum absolute atomic E-state index is 10.7. The lowest BCUT2D eigenvalue weighted by molar-refractivity contribution is -0.340. The molecule has 6 heterocycles. The Morgan fingerprint density at radius 2 is 1.03 bits per heavy atom. The first kappa shape index (κ1) is 19.2. The zero-order valence-corrected chi connectivity index (χ0v) is 15.7. The van der Waals surface area contributed by atoms with E-state index in [-0.39, 0.29) is 0 Å². The van der Waals surface area contributed by atoms with Gasteiger partial charge in [-0.05, 0) is 6.92 Å². The average Bonchev–Trinajstić information content (AvgIpc) is 3.54. The highest BCUT2D eigenvalue weighted by Gasteiger charge is 2.63. The van der Waals surface area contributed by atoms with Gasteiger partial charge in [0.2, 0.25) is 0 Å². The first-order valence-corrected chi connectivity index (χ1v) is 9.77. The smallest absolute Gasteiger partial charge is 0.190 e. The number of hydrogen-bond acceptors (Lipinski definition) is 12. The Labute approximate surface area is 165 Å². The number of hydrogen-bond donors (Lipinski definition) is 3. The first-order valence-electron chi connectivity index (χ1n) is 9.77. The van der Waals surface area contributed by atoms with Gasteiger partial charge in [0.15, 0.2) is 31.5 Å². The van der Waals surface area contributed by atoms with Gasteiger partial charge in [-0.1, -0.05) is 0 Å². The highest BCUT2D eigenvalue weighted by Crippen LogP contribution is 2.43. The molecule has 15 atom stereocenters. The molecular formula is C17H24O12. The van der Waals surface area contributed by atoms with Crippen molar-refractivity contribution in [3.05, 3.63) is 0 Å². The van der Waals surface area contributed by atoms with E-state index in [2.05, 4.69) is 0 Å². The van der Waals surface area contributed by atoms with Gasteiger partial charge >= 0.3 is 0 Å². The van der Waals surface area contributed by atoms with Crippen molar-refractivity contribution in [1.29, 1.82) is 0 Å². The highest BCUT2D eigenvalue weighted by molar-refractivity contribution is 5.01. The van der Waals surface area contributed by atoms with Gasteiger partial charge in [0.1, 0.15) is 54.9 Å². The summed E-state index contributed by atoms with van der Waals surface area (Å²) in [6.07, 6.45) is -11.2. The van der Waals surface area contributed by atoms with Gasteiger partial charge in [0.25, 0.3) is 0 Å². The molecule has 12 nitrogen and oxygen atoms in total. The Morgan fingerprint density at radius 1 is 0.586 bits per heavy atom. The molecule has 15 unspecified atom stereocenters. The number of aliphatic hydroxyl groups excluding tert-OH is 3. The Bertz CT molecular complexity index is 650. The third-order valence-corrected chi connectivity index (χ3v) is 6.21. The van der Waals surface area contributed by atoms with Gasteiger partial charge < -0.3 is 58.0 Å². The van der Waals surface area contributed by atoms with E-state index in [1.165, 1.54) is 7.11 Å². The van der Waals surface area contributed by atoms with Crippen LogP contribution in [0.2, 0.25) is 0 Å². The van der Waals surface area contributed by atoms with Crippen LogP contribution in [0.5, 0.6) is 0 Å². The molecule has 0 radical (unpaired) electrons. The molecule has 0 aromatic carbocycles. The fourth-order valence-electron chi connectivity index (χ4n) is 4.37. The van der Waals surface area contributed by atoms with Crippen LogP contribution in [0.15, 0.2) is 0 Å². The molecule has 29 heavy (non-hydrogen) atoms. The highest BCUT2D eigenvalue weighted by atomic mass is 16.9. The summed E-state index contributed by atoms with van der Waals surface area (Å²) < 4.78 is 50.1. The molecule has 0 amide bonds. The third kappa shape index (κ3) is 3.14. The summed E-state index contributed by atoms with van der Waals surface area (Å²) in [4.78, 5) is 0. The molecule has 6 fully saturated rings. The quantitative estimate of drug-likeness (QED) is 0.393. The second-order valence-corrected chi connectivity index (χ2v) is 8.13. The molecule has 12 heteroatoms. The summed E-state index contributed by atoms with van der Waals surface area (Å²) in [5.41, 5.74) is 0. The maximum Gasteiger partial charge on any atom is 0.190 e. The number of aliphatic hydroxyl groups is 3. The number of epoxide rings is 3. The van der Waals surface area contributed by atoms with Gasteiger partial charge in [-0.2, -0.15) is 0 Å². The fourth-order valence-corrected chi connectivity index (χ4v) is 4.37. The molecular weight excluding hydrogens is 396 g/mol. The van der Waals surface area contributed by atoms with Crippen molar-refractivity contribution in [2.45, 2.75) is 99.4 Å². The van der Waals surface area contributed by atoms with Crippen LogP contribution in [0.4, 0.5) is 0 Å². The van der Waals surface area contributed by atoms with E-state index in [0.717, 1.165) is 0 Å². The molecule has 0 aromatic rings. The molecule has 6 saturated heterocycles. The van der Waals surface area contributed by atoms with Gasteiger partial charge in [0.05, 0.1) is 6.10 Å². The van der Waals surface area contributed by atoms with Gasteiger partial charge in [-0.15, -0.1) is 0 Å². The van der Waals surface area contributed by atoms with Crippen LogP contribution >= 0.6 is 0 Å². The summed E-state index contributed by atoms with van der Waals surface area (Å²) >= 11 is 0. The van der Waals surface area contributed by atoms with Crippen LogP contribution < -0.4 is 0 Å². The van der Waals surface area contributed by atoms with Crippen LogP contribution in [0.3, 0.4) is 0 Å². The Hall–Kier alpha value is -0.480. The summed E-state index contributed by atoms with van der Waals surface area (Å²) in [5, 5.41) is 31.5. The van der Waals surface area contributed by atoms with Crippen molar-refractivity contribution in [3.8, 4) is 0 Å². The lowest BCUT2D eigenvalue weighted by Gasteiger charge is -2.41. The number of rotatable bonds is 5. The zero-order chi connectivity index (χ0) is 20.0. The van der Waals surface area contributed by atoms with E-state index in [0.29, 0.717) is 0 Å². The molecule has 3 N–H and O–H groups in total. The third-order valence-electron chi connectivity index (χ3n) is 6.21. The zero-order valence-electron chi connectivity index (χ0n) is 15.7. The Balaban J connectivity index is 1.19. The van der Waals surface area contributed by atoms with Crippen molar-refractivity contribution in [2.75, 3.05) is 7.11 Å². The van der Waals surface area contributed by atoms with E-state index >= 15 is 0 Å². The lowest BCUT2D eigenvalue weighted by Crippen LogP contribution is -2.59. The standard InChI is InChI=1S/C17H24O12/c1-3-7(4(18)9-14(22-3)25-9)23-15-11(6(20)12-17(27-12)29-15)24-13-8(21-2)5(19)10-16(26-10)28-13/h3-20H,1-2H3. The normalized spacial score (nSPS) is 62.6. The summed E-state index contributed by atoms with van der Waals surface area (Å²) in [6.45, 7) is 1.75. The molecule has 164 valence electrons. The molecule has 6 aliphatic rings. The minimum atomic E-state index is -1.08. The molecule has 0 aliphatic carbocycles. The minimum absolute atomic E-state index is 0.424. The SMILES string of the molecule is COC1C(OC2C(OC3C(C)OC4OC4C3O)OC3OC3C2O)OC2OC2C1O. The molecule has 0 spiro atoms. The molecule has 0 saturated carbocycles. The van der Waals surface area contributed by atoms with Crippen molar-refractivity contribution in [1.82, 2.24) is 0 Å². The summed E-state index contributed by atoms with van der Waals surface area (Å²) in [7, 11) is 1.42. The average molecular weight is 420 g/mol. The second kappa shape index (κ2) is 6.76. The first-order chi connectivity index (χ1) is 14.0. The van der Waals surface area contributed by atoms with E-state index in [4.69, 9.17) is 42.6 Å². The van der Waals surface area contributed by atoms with E-state index in [1.807, 2.05) is 0 Å². The predicted molar refractivity (Wildman–Crippen MR) is 84.8 cm³/mol. The predicted octanol–water partition coefficient (Wildman–Crippen LogP) is -2.84. The maximum atomic E-state index is 10.7. The van der Waals surface area contributed by atoms with E-state index in [1.54, 1.807) is 6.92 Å². The van der Waals surface area contributed by atoms with Crippen LogP contribution in [-0.2, 0) is 42.6 Å². The number of ether oxygens (including phenoxy) is 9. The molecule has 0 bridgehead atoms. The fraction of sp³-hybridized carbons (Fsp3) is 1.00. The largest absolute Gasteiger partial charge is 0.387 e. The van der Waals surface area contributed by atoms with Gasteiger partial charge in [0, 0.05) is 7.11 Å². The van der Waals surface area contributed by atoms with Gasteiger partial charge in [-0.3, -0.25) is 0 Å². The summed E-state index contributed by atoms with van der Waals surface area (Å²) in [5.74, 6) is 0. The number of methoxy groups -OCH3 is 1. The Kier molecular flexibility index (Phi) is 4.48. The van der Waals surface area contributed by atoms with Crippen LogP contribution in [0, 0.1) is 0 Å². The second-order valence-electron chi connectivity index (χ2n) is 8.13. The van der Waals surface area contributed by atoms with Crippen LogP contribution in [-0.4, -0.2) is 115 Å². The van der Waals surface area contributed by atoms with Gasteiger partial charge in [-0.25, -0.2) is 0 Å². The Morgan fingerprint density at radius 3 is 1.62 bits per heavy atom. The topological polar surface area (TPSA) is 154 Å². The van der Waals surface area contributed by atoms with Crippen LogP contribution in [0.1, 0.15) is 6.92 Å².